The lowest BCUT2D eigenvalue weighted by Crippen LogP contribution is -2.39. The number of benzene rings is 1. The highest BCUT2D eigenvalue weighted by Gasteiger charge is 2.27. The van der Waals surface area contributed by atoms with Crippen LogP contribution in [0.15, 0.2) is 30.3 Å². The van der Waals surface area contributed by atoms with Gasteiger partial charge in [0.15, 0.2) is 5.69 Å². The number of aromatic nitrogens is 2. The first kappa shape index (κ1) is 18.1. The summed E-state index contributed by atoms with van der Waals surface area (Å²) in [6.45, 7) is 4.16. The van der Waals surface area contributed by atoms with E-state index in [0.29, 0.717) is 31.9 Å². The molecule has 3 rings (SSSR count). The number of fused-ring (bicyclic) bond motifs is 1. The summed E-state index contributed by atoms with van der Waals surface area (Å²) in [4.78, 5) is 26.6. The van der Waals surface area contributed by atoms with Crippen LogP contribution in [0.3, 0.4) is 0 Å². The Hall–Kier alpha value is -2.70. The average molecular weight is 358 g/mol. The van der Waals surface area contributed by atoms with Crippen molar-refractivity contribution < 1.29 is 14.0 Å². The molecule has 1 N–H and O–H groups in total. The van der Waals surface area contributed by atoms with Gasteiger partial charge in [0.1, 0.15) is 11.5 Å². The first-order valence-corrected chi connectivity index (χ1v) is 8.98. The summed E-state index contributed by atoms with van der Waals surface area (Å²) in [5.74, 6) is -0.717. The van der Waals surface area contributed by atoms with Crippen molar-refractivity contribution >= 4 is 11.8 Å². The molecule has 0 spiro atoms. The van der Waals surface area contributed by atoms with Crippen molar-refractivity contribution in [3.63, 3.8) is 0 Å². The lowest BCUT2D eigenvalue weighted by Gasteiger charge is -2.27. The van der Waals surface area contributed by atoms with E-state index in [9.17, 15) is 14.0 Å². The van der Waals surface area contributed by atoms with Crippen molar-refractivity contribution in [2.75, 3.05) is 13.1 Å². The molecule has 0 radical (unpaired) electrons. The van der Waals surface area contributed by atoms with Crippen molar-refractivity contribution in [1.29, 1.82) is 0 Å². The van der Waals surface area contributed by atoms with Crippen LogP contribution in [0.5, 0.6) is 0 Å². The molecule has 7 heteroatoms. The minimum Gasteiger partial charge on any atom is -0.351 e. The molecule has 2 heterocycles. The van der Waals surface area contributed by atoms with Crippen LogP contribution in [0.1, 0.15) is 52.7 Å². The van der Waals surface area contributed by atoms with Gasteiger partial charge >= 0.3 is 0 Å². The van der Waals surface area contributed by atoms with Crippen LogP contribution in [0, 0.1) is 5.82 Å². The number of amides is 2. The molecule has 0 unspecified atom stereocenters. The van der Waals surface area contributed by atoms with E-state index >= 15 is 0 Å². The maximum absolute atomic E-state index is 13.0. The fourth-order valence-corrected chi connectivity index (χ4v) is 2.98. The molecule has 0 fully saturated rings. The number of nitrogens with one attached hydrogen (secondary N) is 1. The summed E-state index contributed by atoms with van der Waals surface area (Å²) in [5.41, 5.74) is 1.55. The first-order valence-electron chi connectivity index (χ1n) is 8.98. The van der Waals surface area contributed by atoms with Crippen LogP contribution in [0.4, 0.5) is 4.39 Å². The standard InChI is InChI=1S/C19H23FN4O2/c1-2-3-4-9-21-18(25)16-12-17-19(26)23(10-11-24(17)22-16)13-14-5-7-15(20)8-6-14/h5-8,12H,2-4,9-11,13H2,1H3,(H,21,25). The quantitative estimate of drug-likeness (QED) is 0.774. The molecule has 1 aliphatic rings. The summed E-state index contributed by atoms with van der Waals surface area (Å²) < 4.78 is 14.6. The van der Waals surface area contributed by atoms with E-state index in [2.05, 4.69) is 17.3 Å². The number of unbranched alkanes of at least 4 members (excludes halogenated alkanes) is 2. The Morgan fingerprint density at radius 2 is 2.00 bits per heavy atom. The molecular formula is C19H23FN4O2. The average Bonchev–Trinajstić information content (AvgIpc) is 3.08. The van der Waals surface area contributed by atoms with Gasteiger partial charge in [-0.2, -0.15) is 5.10 Å². The van der Waals surface area contributed by atoms with Gasteiger partial charge in [0, 0.05) is 25.7 Å². The molecule has 0 bridgehead atoms. The lowest BCUT2D eigenvalue weighted by molar-refractivity contribution is 0.0683. The normalized spacial score (nSPS) is 13.6. The summed E-state index contributed by atoms with van der Waals surface area (Å²) in [6, 6.07) is 7.66. The molecule has 0 aliphatic carbocycles. The number of nitrogens with zero attached hydrogens (tertiary/aromatic N) is 3. The van der Waals surface area contributed by atoms with Gasteiger partial charge in [-0.1, -0.05) is 31.9 Å². The summed E-state index contributed by atoms with van der Waals surface area (Å²) in [6.07, 6.45) is 3.09. The zero-order valence-electron chi connectivity index (χ0n) is 14.9. The zero-order chi connectivity index (χ0) is 18.5. The van der Waals surface area contributed by atoms with E-state index < -0.39 is 0 Å². The Kier molecular flexibility index (Phi) is 5.65. The Morgan fingerprint density at radius 3 is 2.73 bits per heavy atom. The minimum atomic E-state index is -0.300. The van der Waals surface area contributed by atoms with Crippen molar-refractivity contribution in [1.82, 2.24) is 20.0 Å². The van der Waals surface area contributed by atoms with Gasteiger partial charge in [-0.3, -0.25) is 14.3 Å². The number of carbonyl (C=O) groups is 2. The van der Waals surface area contributed by atoms with Gasteiger partial charge in [0.05, 0.1) is 6.54 Å². The number of halogens is 1. The summed E-state index contributed by atoms with van der Waals surface area (Å²) >= 11 is 0. The fourth-order valence-electron chi connectivity index (χ4n) is 2.98. The molecule has 26 heavy (non-hydrogen) atoms. The maximum Gasteiger partial charge on any atom is 0.272 e. The third-order valence-corrected chi connectivity index (χ3v) is 4.45. The van der Waals surface area contributed by atoms with Crippen LogP contribution in [0.2, 0.25) is 0 Å². The molecule has 0 saturated carbocycles. The molecule has 1 aromatic carbocycles. The van der Waals surface area contributed by atoms with Crippen LogP contribution >= 0.6 is 0 Å². The Labute approximate surface area is 152 Å². The van der Waals surface area contributed by atoms with Crippen LogP contribution in [0.25, 0.3) is 0 Å². The predicted octanol–water partition coefficient (Wildman–Crippen LogP) is 2.60. The summed E-state index contributed by atoms with van der Waals surface area (Å²) in [5, 5.41) is 7.10. The van der Waals surface area contributed by atoms with E-state index in [1.165, 1.54) is 12.1 Å². The van der Waals surface area contributed by atoms with Gasteiger partial charge in [-0.25, -0.2) is 4.39 Å². The van der Waals surface area contributed by atoms with E-state index in [-0.39, 0.29) is 23.3 Å². The predicted molar refractivity (Wildman–Crippen MR) is 95.2 cm³/mol. The largest absolute Gasteiger partial charge is 0.351 e. The van der Waals surface area contributed by atoms with E-state index in [1.807, 2.05) is 0 Å². The highest BCUT2D eigenvalue weighted by molar-refractivity contribution is 5.98. The SMILES string of the molecule is CCCCCNC(=O)c1cc2n(n1)CCN(Cc1ccc(F)cc1)C2=O. The van der Waals surface area contributed by atoms with E-state index in [4.69, 9.17) is 0 Å². The molecular weight excluding hydrogens is 335 g/mol. The van der Waals surface area contributed by atoms with Gasteiger partial charge in [-0.05, 0) is 24.1 Å². The number of hydrogen-bond donors (Lipinski definition) is 1. The third-order valence-electron chi connectivity index (χ3n) is 4.45. The minimum absolute atomic E-state index is 0.168. The second-order valence-electron chi connectivity index (χ2n) is 6.45. The number of carbonyl (C=O) groups excluding carboxylic acids is 2. The second kappa shape index (κ2) is 8.12. The third kappa shape index (κ3) is 4.09. The molecule has 2 aromatic rings. The maximum atomic E-state index is 13.0. The lowest BCUT2D eigenvalue weighted by atomic mass is 10.2. The Morgan fingerprint density at radius 1 is 1.23 bits per heavy atom. The zero-order valence-corrected chi connectivity index (χ0v) is 14.9. The fraction of sp³-hybridized carbons (Fsp3) is 0.421. The van der Waals surface area contributed by atoms with Gasteiger partial charge in [0.25, 0.3) is 11.8 Å². The van der Waals surface area contributed by atoms with Crippen molar-refractivity contribution in [2.45, 2.75) is 39.3 Å². The molecule has 1 aromatic heterocycles. The van der Waals surface area contributed by atoms with E-state index in [1.54, 1.807) is 27.8 Å². The van der Waals surface area contributed by atoms with Gasteiger partial charge < -0.3 is 10.2 Å². The smallest absolute Gasteiger partial charge is 0.272 e. The molecule has 0 saturated heterocycles. The molecule has 0 atom stereocenters. The molecule has 6 nitrogen and oxygen atoms in total. The molecule has 2 amide bonds. The molecule has 1 aliphatic heterocycles. The van der Waals surface area contributed by atoms with E-state index in [0.717, 1.165) is 24.8 Å². The van der Waals surface area contributed by atoms with Gasteiger partial charge in [-0.15, -0.1) is 0 Å². The van der Waals surface area contributed by atoms with Crippen LogP contribution in [-0.2, 0) is 13.1 Å². The van der Waals surface area contributed by atoms with Crippen molar-refractivity contribution in [3.8, 4) is 0 Å². The van der Waals surface area contributed by atoms with Crippen molar-refractivity contribution in [2.24, 2.45) is 0 Å². The first-order chi connectivity index (χ1) is 12.6. The van der Waals surface area contributed by atoms with Crippen LogP contribution < -0.4 is 5.32 Å². The number of hydrogen-bond acceptors (Lipinski definition) is 3. The second-order valence-corrected chi connectivity index (χ2v) is 6.45. The van der Waals surface area contributed by atoms with Gasteiger partial charge in [0.2, 0.25) is 0 Å². The highest BCUT2D eigenvalue weighted by atomic mass is 19.1. The highest BCUT2D eigenvalue weighted by Crippen LogP contribution is 2.17. The summed E-state index contributed by atoms with van der Waals surface area (Å²) in [7, 11) is 0. The monoisotopic (exact) mass is 358 g/mol. The molecule has 138 valence electrons. The van der Waals surface area contributed by atoms with Crippen LogP contribution in [-0.4, -0.2) is 39.6 Å². The van der Waals surface area contributed by atoms with Crippen molar-refractivity contribution in [3.05, 3.63) is 53.1 Å². The topological polar surface area (TPSA) is 67.2 Å². The Balaban J connectivity index is 1.65. The Bertz CT molecular complexity index is 785. The number of rotatable bonds is 7.